The quantitative estimate of drug-likeness (QED) is 0.736. The van der Waals surface area contributed by atoms with Crippen LogP contribution in [0.4, 0.5) is 0 Å². The van der Waals surface area contributed by atoms with E-state index in [0.29, 0.717) is 6.04 Å². The molecule has 1 aliphatic rings. The average Bonchev–Trinajstić information content (AvgIpc) is 2.77. The number of rotatable bonds is 7. The maximum absolute atomic E-state index is 5.04. The van der Waals surface area contributed by atoms with Crippen LogP contribution in [0.25, 0.3) is 0 Å². The molecule has 3 nitrogen and oxygen atoms in total. The molecule has 1 N–H and O–H groups in total. The Kier molecular flexibility index (Phi) is 4.95. The van der Waals surface area contributed by atoms with Gasteiger partial charge in [-0.25, -0.2) is 0 Å². The van der Waals surface area contributed by atoms with Gasteiger partial charge in [0.05, 0.1) is 11.7 Å². The van der Waals surface area contributed by atoms with E-state index in [1.165, 1.54) is 36.9 Å². The molecule has 0 aliphatic heterocycles. The van der Waals surface area contributed by atoms with Crippen LogP contribution in [0.2, 0.25) is 0 Å². The van der Waals surface area contributed by atoms with Crippen molar-refractivity contribution in [3.63, 3.8) is 0 Å². The molecule has 1 atom stereocenters. The lowest BCUT2D eigenvalue weighted by molar-refractivity contribution is 0.192. The summed E-state index contributed by atoms with van der Waals surface area (Å²) in [5.74, 6) is 0. The molecule has 1 unspecified atom stereocenters. The second kappa shape index (κ2) is 6.72. The van der Waals surface area contributed by atoms with Crippen LogP contribution >= 0.6 is 0 Å². The Hall–Kier alpha value is -0.930. The minimum absolute atomic E-state index is 0.480. The van der Waals surface area contributed by atoms with Crippen LogP contribution in [-0.4, -0.2) is 25.2 Å². The first-order valence-corrected chi connectivity index (χ1v) is 6.58. The minimum Gasteiger partial charge on any atom is -0.385 e. The normalized spacial score (nSPS) is 18.3. The summed E-state index contributed by atoms with van der Waals surface area (Å²) >= 11 is 0. The van der Waals surface area contributed by atoms with E-state index in [2.05, 4.69) is 16.4 Å². The monoisotopic (exact) mass is 234 g/mol. The fraction of sp³-hybridized carbons (Fsp3) is 0.643. The van der Waals surface area contributed by atoms with Gasteiger partial charge in [0.15, 0.2) is 0 Å². The number of aryl methyl sites for hydroxylation is 1. The Labute approximate surface area is 104 Å². The van der Waals surface area contributed by atoms with Crippen molar-refractivity contribution >= 4 is 0 Å². The van der Waals surface area contributed by atoms with Crippen molar-refractivity contribution in [3.05, 3.63) is 29.6 Å². The Bertz CT molecular complexity index is 341. The van der Waals surface area contributed by atoms with E-state index < -0.39 is 0 Å². The largest absolute Gasteiger partial charge is 0.385 e. The molecule has 0 aromatic carbocycles. The van der Waals surface area contributed by atoms with Gasteiger partial charge in [-0.05, 0) is 50.3 Å². The summed E-state index contributed by atoms with van der Waals surface area (Å²) in [5, 5.41) is 3.61. The highest BCUT2D eigenvalue weighted by Gasteiger charge is 2.22. The van der Waals surface area contributed by atoms with Gasteiger partial charge in [-0.1, -0.05) is 6.07 Å². The molecule has 2 rings (SSSR count). The van der Waals surface area contributed by atoms with Gasteiger partial charge in [-0.2, -0.15) is 0 Å². The zero-order valence-electron chi connectivity index (χ0n) is 10.6. The van der Waals surface area contributed by atoms with Crippen LogP contribution in [0.3, 0.4) is 0 Å². The number of nitrogens with zero attached hydrogens (tertiary/aromatic N) is 1. The van der Waals surface area contributed by atoms with E-state index in [-0.39, 0.29) is 0 Å². The maximum atomic E-state index is 5.04. The summed E-state index contributed by atoms with van der Waals surface area (Å²) in [6.07, 6.45) is 7.90. The van der Waals surface area contributed by atoms with Crippen LogP contribution in [0.5, 0.6) is 0 Å². The third-order valence-electron chi connectivity index (χ3n) is 3.37. The Morgan fingerprint density at radius 1 is 1.41 bits per heavy atom. The van der Waals surface area contributed by atoms with Gasteiger partial charge in [0, 0.05) is 19.9 Å². The topological polar surface area (TPSA) is 34.1 Å². The van der Waals surface area contributed by atoms with Crippen LogP contribution in [0.1, 0.15) is 43.0 Å². The van der Waals surface area contributed by atoms with E-state index in [0.717, 1.165) is 19.6 Å². The van der Waals surface area contributed by atoms with Crippen molar-refractivity contribution in [3.8, 4) is 0 Å². The summed E-state index contributed by atoms with van der Waals surface area (Å²) in [7, 11) is 1.76. The molecular weight excluding hydrogens is 212 g/mol. The number of hydrogen-bond donors (Lipinski definition) is 1. The number of unbranched alkanes of at least 4 members (excludes halogenated alkanes) is 2. The number of aromatic nitrogens is 1. The number of pyridine rings is 1. The molecule has 1 heterocycles. The number of fused-ring (bicyclic) bond motifs is 1. The van der Waals surface area contributed by atoms with Crippen LogP contribution in [0, 0.1) is 0 Å². The smallest absolute Gasteiger partial charge is 0.0605 e. The summed E-state index contributed by atoms with van der Waals surface area (Å²) in [4.78, 5) is 4.49. The van der Waals surface area contributed by atoms with Crippen molar-refractivity contribution in [2.45, 2.75) is 38.1 Å². The molecule has 0 radical (unpaired) electrons. The molecule has 0 bridgehead atoms. The van der Waals surface area contributed by atoms with E-state index in [4.69, 9.17) is 4.74 Å². The predicted octanol–water partition coefficient (Wildman–Crippen LogP) is 2.48. The highest BCUT2D eigenvalue weighted by atomic mass is 16.5. The molecule has 94 valence electrons. The van der Waals surface area contributed by atoms with Crippen molar-refractivity contribution in [2.24, 2.45) is 0 Å². The van der Waals surface area contributed by atoms with Crippen LogP contribution in [0.15, 0.2) is 18.3 Å². The Balaban J connectivity index is 1.68. The molecule has 0 spiro atoms. The average molecular weight is 234 g/mol. The molecule has 1 aliphatic carbocycles. The van der Waals surface area contributed by atoms with Crippen molar-refractivity contribution in [1.29, 1.82) is 0 Å². The third kappa shape index (κ3) is 3.51. The van der Waals surface area contributed by atoms with Crippen molar-refractivity contribution < 1.29 is 4.74 Å². The van der Waals surface area contributed by atoms with Gasteiger partial charge >= 0.3 is 0 Å². The second-order valence-electron chi connectivity index (χ2n) is 4.65. The highest BCUT2D eigenvalue weighted by Crippen LogP contribution is 2.28. The molecule has 0 saturated carbocycles. The molecule has 0 saturated heterocycles. The third-order valence-corrected chi connectivity index (χ3v) is 3.37. The molecule has 3 heteroatoms. The van der Waals surface area contributed by atoms with Gasteiger partial charge in [-0.3, -0.25) is 4.98 Å². The first-order valence-electron chi connectivity index (χ1n) is 6.58. The molecule has 1 aromatic rings. The number of hydrogen-bond acceptors (Lipinski definition) is 3. The molecule has 17 heavy (non-hydrogen) atoms. The van der Waals surface area contributed by atoms with Gasteiger partial charge < -0.3 is 10.1 Å². The molecule has 0 fully saturated rings. The standard InChI is InChI=1S/C14H22N2O/c1-17-11-4-2-3-9-15-13-8-7-12-6-5-10-16-14(12)13/h5-6,10,13,15H,2-4,7-9,11H2,1H3. The number of ether oxygens (including phenoxy) is 1. The van der Waals surface area contributed by atoms with E-state index in [9.17, 15) is 0 Å². The fourth-order valence-corrected chi connectivity index (χ4v) is 2.44. The van der Waals surface area contributed by atoms with Crippen molar-refractivity contribution in [2.75, 3.05) is 20.3 Å². The van der Waals surface area contributed by atoms with Gasteiger partial charge in [0.2, 0.25) is 0 Å². The van der Waals surface area contributed by atoms with Crippen molar-refractivity contribution in [1.82, 2.24) is 10.3 Å². The lowest BCUT2D eigenvalue weighted by Crippen LogP contribution is -2.21. The molecular formula is C14H22N2O. The summed E-state index contributed by atoms with van der Waals surface area (Å²) in [6, 6.07) is 4.71. The lowest BCUT2D eigenvalue weighted by atomic mass is 10.2. The summed E-state index contributed by atoms with van der Waals surface area (Å²) in [6.45, 7) is 1.97. The lowest BCUT2D eigenvalue weighted by Gasteiger charge is -2.12. The Morgan fingerprint density at radius 2 is 2.35 bits per heavy atom. The first kappa shape index (κ1) is 12.5. The highest BCUT2D eigenvalue weighted by molar-refractivity contribution is 5.27. The van der Waals surface area contributed by atoms with Crippen LogP contribution in [-0.2, 0) is 11.2 Å². The number of nitrogens with one attached hydrogen (secondary N) is 1. The second-order valence-corrected chi connectivity index (χ2v) is 4.65. The molecule has 0 amide bonds. The number of methoxy groups -OCH3 is 1. The predicted molar refractivity (Wildman–Crippen MR) is 69.0 cm³/mol. The summed E-state index contributed by atoms with van der Waals surface area (Å²) < 4.78 is 5.04. The van der Waals surface area contributed by atoms with E-state index in [1.54, 1.807) is 7.11 Å². The van der Waals surface area contributed by atoms with Gasteiger partial charge in [0.25, 0.3) is 0 Å². The zero-order valence-corrected chi connectivity index (χ0v) is 10.6. The van der Waals surface area contributed by atoms with E-state index >= 15 is 0 Å². The van der Waals surface area contributed by atoms with E-state index in [1.807, 2.05) is 12.3 Å². The van der Waals surface area contributed by atoms with Crippen LogP contribution < -0.4 is 5.32 Å². The maximum Gasteiger partial charge on any atom is 0.0605 e. The van der Waals surface area contributed by atoms with Gasteiger partial charge in [-0.15, -0.1) is 0 Å². The Morgan fingerprint density at radius 3 is 3.24 bits per heavy atom. The fourth-order valence-electron chi connectivity index (χ4n) is 2.44. The SMILES string of the molecule is COCCCCCNC1CCc2cccnc21. The minimum atomic E-state index is 0.480. The molecule has 1 aromatic heterocycles. The van der Waals surface area contributed by atoms with Gasteiger partial charge in [0.1, 0.15) is 0 Å². The zero-order chi connectivity index (χ0) is 11.9. The summed E-state index contributed by atoms with van der Waals surface area (Å²) in [5.41, 5.74) is 2.69. The first-order chi connectivity index (χ1) is 8.42.